The Bertz CT molecular complexity index is 599. The number of hydrogen-bond acceptors (Lipinski definition) is 5. The summed E-state index contributed by atoms with van der Waals surface area (Å²) < 4.78 is 7.02. The maximum absolute atomic E-state index is 5.12. The van der Waals surface area contributed by atoms with Gasteiger partial charge < -0.3 is 10.1 Å². The number of hydrogen-bond donors (Lipinski definition) is 1. The van der Waals surface area contributed by atoms with Crippen LogP contribution >= 0.6 is 43.2 Å². The highest BCUT2D eigenvalue weighted by Gasteiger charge is 2.22. The fourth-order valence-corrected chi connectivity index (χ4v) is 4.08. The van der Waals surface area contributed by atoms with Gasteiger partial charge in [-0.05, 0) is 51.8 Å². The van der Waals surface area contributed by atoms with Crippen LogP contribution in [0.15, 0.2) is 21.2 Å². The number of nitrogens with zero attached hydrogens (tertiary/aromatic N) is 2. The SMILES string of the molecule is COCCNC(c1nc(C)c(C)s1)c1ncc(Br)cc1Br. The molecule has 0 aromatic carbocycles. The topological polar surface area (TPSA) is 47.0 Å². The summed E-state index contributed by atoms with van der Waals surface area (Å²) in [6, 6.07) is 1.96. The van der Waals surface area contributed by atoms with Crippen LogP contribution in [0.1, 0.15) is 27.3 Å². The van der Waals surface area contributed by atoms with Gasteiger partial charge in [0, 0.05) is 33.7 Å². The van der Waals surface area contributed by atoms with Gasteiger partial charge in [0.2, 0.25) is 0 Å². The first-order valence-electron chi connectivity index (χ1n) is 6.50. The van der Waals surface area contributed by atoms with Gasteiger partial charge in [-0.2, -0.15) is 0 Å². The van der Waals surface area contributed by atoms with E-state index in [1.54, 1.807) is 24.6 Å². The Morgan fingerprint density at radius 1 is 1.38 bits per heavy atom. The third-order valence-corrected chi connectivity index (χ3v) is 5.26. The van der Waals surface area contributed by atoms with Crippen LogP contribution in [0.4, 0.5) is 0 Å². The van der Waals surface area contributed by atoms with E-state index < -0.39 is 0 Å². The van der Waals surface area contributed by atoms with E-state index in [0.29, 0.717) is 6.61 Å². The number of thiazole rings is 1. The molecular weight excluding hydrogens is 418 g/mol. The Balaban J connectivity index is 2.35. The summed E-state index contributed by atoms with van der Waals surface area (Å²) in [6.45, 7) is 5.51. The molecule has 2 aromatic rings. The normalized spacial score (nSPS) is 12.6. The fourth-order valence-electron chi connectivity index (χ4n) is 1.86. The molecule has 2 heterocycles. The average Bonchev–Trinajstić information content (AvgIpc) is 2.76. The molecule has 114 valence electrons. The van der Waals surface area contributed by atoms with Crippen LogP contribution in [0.5, 0.6) is 0 Å². The van der Waals surface area contributed by atoms with E-state index in [1.807, 2.05) is 13.0 Å². The Labute approximate surface area is 145 Å². The van der Waals surface area contributed by atoms with Crippen molar-refractivity contribution in [3.8, 4) is 0 Å². The molecule has 2 rings (SSSR count). The van der Waals surface area contributed by atoms with Crippen molar-refractivity contribution in [1.82, 2.24) is 15.3 Å². The highest BCUT2D eigenvalue weighted by molar-refractivity contribution is 9.11. The summed E-state index contributed by atoms with van der Waals surface area (Å²) in [5.41, 5.74) is 2.00. The molecular formula is C14H17Br2N3OS. The van der Waals surface area contributed by atoms with E-state index >= 15 is 0 Å². The zero-order chi connectivity index (χ0) is 15.4. The lowest BCUT2D eigenvalue weighted by Gasteiger charge is -2.17. The van der Waals surface area contributed by atoms with Crippen LogP contribution in [0.2, 0.25) is 0 Å². The van der Waals surface area contributed by atoms with Crippen LogP contribution in [-0.4, -0.2) is 30.2 Å². The van der Waals surface area contributed by atoms with Crippen LogP contribution < -0.4 is 5.32 Å². The molecule has 0 aliphatic rings. The second-order valence-corrected chi connectivity index (χ2v) is 7.60. The monoisotopic (exact) mass is 433 g/mol. The number of aromatic nitrogens is 2. The van der Waals surface area contributed by atoms with Crippen molar-refractivity contribution < 1.29 is 4.74 Å². The molecule has 0 aliphatic heterocycles. The Morgan fingerprint density at radius 2 is 2.14 bits per heavy atom. The van der Waals surface area contributed by atoms with Crippen molar-refractivity contribution in [3.05, 3.63) is 42.5 Å². The smallest absolute Gasteiger partial charge is 0.116 e. The standard InChI is InChI=1S/C14H17Br2N3OS/c1-8-9(2)21-14(19-8)13(17-4-5-20-3)12-11(16)6-10(15)7-18-12/h6-7,13,17H,4-5H2,1-3H3. The zero-order valence-electron chi connectivity index (χ0n) is 12.1. The summed E-state index contributed by atoms with van der Waals surface area (Å²) in [5, 5.41) is 4.49. The first-order chi connectivity index (χ1) is 10.0. The second kappa shape index (κ2) is 7.78. The predicted octanol–water partition coefficient (Wildman–Crippen LogP) is 4.01. The van der Waals surface area contributed by atoms with Gasteiger partial charge in [0.05, 0.1) is 18.0 Å². The van der Waals surface area contributed by atoms with Crippen LogP contribution in [-0.2, 0) is 4.74 Å². The van der Waals surface area contributed by atoms with Gasteiger partial charge in [-0.25, -0.2) is 4.98 Å². The number of halogens is 2. The van der Waals surface area contributed by atoms with Crippen molar-refractivity contribution >= 4 is 43.2 Å². The van der Waals surface area contributed by atoms with Gasteiger partial charge in [-0.15, -0.1) is 11.3 Å². The lowest BCUT2D eigenvalue weighted by atomic mass is 10.2. The molecule has 0 bridgehead atoms. The number of rotatable bonds is 6. The third kappa shape index (κ3) is 4.32. The highest BCUT2D eigenvalue weighted by atomic mass is 79.9. The number of pyridine rings is 1. The fraction of sp³-hybridized carbons (Fsp3) is 0.429. The molecule has 0 aliphatic carbocycles. The van der Waals surface area contributed by atoms with E-state index in [9.17, 15) is 0 Å². The molecule has 7 heteroatoms. The average molecular weight is 435 g/mol. The third-order valence-electron chi connectivity index (χ3n) is 3.06. The van der Waals surface area contributed by atoms with Crippen molar-refractivity contribution in [2.45, 2.75) is 19.9 Å². The number of nitrogens with one attached hydrogen (secondary N) is 1. The van der Waals surface area contributed by atoms with Crippen LogP contribution in [0, 0.1) is 13.8 Å². The van der Waals surface area contributed by atoms with Gasteiger partial charge in [0.1, 0.15) is 11.0 Å². The molecule has 1 N–H and O–H groups in total. The molecule has 4 nitrogen and oxygen atoms in total. The quantitative estimate of drug-likeness (QED) is 0.697. The molecule has 0 saturated carbocycles. The van der Waals surface area contributed by atoms with Crippen LogP contribution in [0.25, 0.3) is 0 Å². The minimum atomic E-state index is -0.0416. The van der Waals surface area contributed by atoms with E-state index in [2.05, 4.69) is 54.1 Å². The van der Waals surface area contributed by atoms with Gasteiger partial charge >= 0.3 is 0 Å². The number of ether oxygens (including phenoxy) is 1. The molecule has 0 amide bonds. The zero-order valence-corrected chi connectivity index (χ0v) is 16.1. The minimum Gasteiger partial charge on any atom is -0.383 e. The first-order valence-corrected chi connectivity index (χ1v) is 8.90. The molecule has 0 fully saturated rings. The Morgan fingerprint density at radius 3 is 2.71 bits per heavy atom. The van der Waals surface area contributed by atoms with E-state index in [1.165, 1.54) is 4.88 Å². The molecule has 0 saturated heterocycles. The van der Waals surface area contributed by atoms with E-state index in [4.69, 9.17) is 4.74 Å². The van der Waals surface area contributed by atoms with Gasteiger partial charge in [-0.3, -0.25) is 4.98 Å². The number of methoxy groups -OCH3 is 1. The summed E-state index contributed by atoms with van der Waals surface area (Å²) >= 11 is 8.73. The van der Waals surface area contributed by atoms with E-state index in [-0.39, 0.29) is 6.04 Å². The second-order valence-electron chi connectivity index (χ2n) is 4.59. The first kappa shape index (κ1) is 17.0. The van der Waals surface area contributed by atoms with E-state index in [0.717, 1.165) is 31.9 Å². The molecule has 1 unspecified atom stereocenters. The van der Waals surface area contributed by atoms with Crippen molar-refractivity contribution in [1.29, 1.82) is 0 Å². The van der Waals surface area contributed by atoms with Crippen LogP contribution in [0.3, 0.4) is 0 Å². The number of aryl methyl sites for hydroxylation is 2. The van der Waals surface area contributed by atoms with Gasteiger partial charge in [0.25, 0.3) is 0 Å². The molecule has 0 spiro atoms. The molecule has 0 radical (unpaired) electrons. The van der Waals surface area contributed by atoms with Gasteiger partial charge in [-0.1, -0.05) is 0 Å². The molecule has 1 atom stereocenters. The summed E-state index contributed by atoms with van der Waals surface area (Å²) in [5.74, 6) is 0. The molecule has 21 heavy (non-hydrogen) atoms. The largest absolute Gasteiger partial charge is 0.383 e. The minimum absolute atomic E-state index is 0.0416. The van der Waals surface area contributed by atoms with Gasteiger partial charge in [0.15, 0.2) is 0 Å². The molecule has 2 aromatic heterocycles. The maximum atomic E-state index is 5.12. The highest BCUT2D eigenvalue weighted by Crippen LogP contribution is 2.31. The Kier molecular flexibility index (Phi) is 6.31. The van der Waals surface area contributed by atoms with Crippen molar-refractivity contribution in [3.63, 3.8) is 0 Å². The maximum Gasteiger partial charge on any atom is 0.116 e. The lowest BCUT2D eigenvalue weighted by Crippen LogP contribution is -2.27. The lowest BCUT2D eigenvalue weighted by molar-refractivity contribution is 0.197. The summed E-state index contributed by atoms with van der Waals surface area (Å²) in [7, 11) is 1.70. The summed E-state index contributed by atoms with van der Waals surface area (Å²) in [4.78, 5) is 10.4. The van der Waals surface area contributed by atoms with Crippen molar-refractivity contribution in [2.75, 3.05) is 20.3 Å². The summed E-state index contributed by atoms with van der Waals surface area (Å²) in [6.07, 6.45) is 1.80. The Hall–Kier alpha value is -0.340. The predicted molar refractivity (Wildman–Crippen MR) is 92.9 cm³/mol. The van der Waals surface area contributed by atoms with Crippen molar-refractivity contribution in [2.24, 2.45) is 0 Å².